The normalized spacial score (nSPS) is 16.0. The van der Waals surface area contributed by atoms with E-state index in [-0.39, 0.29) is 48.7 Å². The molecule has 4 amide bonds. The van der Waals surface area contributed by atoms with E-state index < -0.39 is 70.7 Å². The summed E-state index contributed by atoms with van der Waals surface area (Å²) in [7, 11) is 3.30. The van der Waals surface area contributed by atoms with Crippen LogP contribution in [0.1, 0.15) is 125 Å². The zero-order valence-electron chi connectivity index (χ0n) is 47.8. The van der Waals surface area contributed by atoms with Gasteiger partial charge in [0.15, 0.2) is 0 Å². The molecule has 0 fully saturated rings. The summed E-state index contributed by atoms with van der Waals surface area (Å²) in [4.78, 5) is 92.2. The number of H-pyrrole nitrogens is 2. The van der Waals surface area contributed by atoms with Gasteiger partial charge in [0.05, 0.1) is 46.9 Å². The fraction of sp³-hybridized carbons (Fsp3) is 0.433. The van der Waals surface area contributed by atoms with E-state index in [1.165, 1.54) is 24.3 Å². The quantitative estimate of drug-likeness (QED) is 0.0588. The number of hydrogen-bond donors (Lipinski definition) is 6. The van der Waals surface area contributed by atoms with Gasteiger partial charge in [-0.3, -0.25) is 28.8 Å². The predicted octanol–water partition coefficient (Wildman–Crippen LogP) is 4.23. The Labute approximate surface area is 474 Å². The Balaban J connectivity index is 0.896. The third-order valence-corrected chi connectivity index (χ3v) is 15.3. The molecule has 6 aromatic rings. The third kappa shape index (κ3) is 13.4. The van der Waals surface area contributed by atoms with E-state index in [1.807, 2.05) is 27.7 Å². The minimum Gasteiger partial charge on any atom is -0.341 e. The minimum absolute atomic E-state index is 0.217. The molecular formula is C60H70F2N14O6. The molecule has 2 aromatic carbocycles. The van der Waals surface area contributed by atoms with Crippen LogP contribution in [0.15, 0.2) is 82.6 Å². The second kappa shape index (κ2) is 25.0. The van der Waals surface area contributed by atoms with E-state index >= 15 is 0 Å². The first kappa shape index (κ1) is 59.5. The van der Waals surface area contributed by atoms with Crippen molar-refractivity contribution in [3.05, 3.63) is 150 Å². The van der Waals surface area contributed by atoms with Gasteiger partial charge in [-0.2, -0.15) is 0 Å². The van der Waals surface area contributed by atoms with Gasteiger partial charge in [-0.15, -0.1) is 10.2 Å². The number of rotatable bonds is 20. The van der Waals surface area contributed by atoms with E-state index in [9.17, 15) is 37.5 Å². The first-order valence-corrected chi connectivity index (χ1v) is 27.4. The summed E-state index contributed by atoms with van der Waals surface area (Å²) in [5.41, 5.74) is 3.86. The lowest BCUT2D eigenvalue weighted by Crippen LogP contribution is -2.55. The molecule has 2 aliphatic rings. The zero-order valence-corrected chi connectivity index (χ0v) is 47.8. The van der Waals surface area contributed by atoms with Crippen molar-refractivity contribution in [2.24, 2.45) is 0 Å². The van der Waals surface area contributed by atoms with Crippen LogP contribution in [-0.2, 0) is 55.7 Å². The van der Waals surface area contributed by atoms with Crippen molar-refractivity contribution in [2.75, 3.05) is 37.0 Å². The van der Waals surface area contributed by atoms with Crippen LogP contribution < -0.4 is 42.2 Å². The maximum Gasteiger partial charge on any atom is 0.251 e. The van der Waals surface area contributed by atoms with Crippen LogP contribution in [-0.4, -0.2) is 115 Å². The number of anilines is 2. The maximum atomic E-state index is 14.8. The Morgan fingerprint density at radius 1 is 0.610 bits per heavy atom. The van der Waals surface area contributed by atoms with Crippen LogP contribution in [0, 0.1) is 35.3 Å². The molecule has 0 spiro atoms. The predicted molar refractivity (Wildman–Crippen MR) is 306 cm³/mol. The van der Waals surface area contributed by atoms with Crippen molar-refractivity contribution in [1.29, 1.82) is 0 Å². The number of nitrogens with one attached hydrogen (secondary N) is 6. The van der Waals surface area contributed by atoms with Gasteiger partial charge in [-0.1, -0.05) is 74.2 Å². The van der Waals surface area contributed by atoms with Crippen molar-refractivity contribution in [1.82, 2.24) is 61.2 Å². The van der Waals surface area contributed by atoms with Crippen molar-refractivity contribution in [2.45, 2.75) is 141 Å². The van der Waals surface area contributed by atoms with Gasteiger partial charge in [-0.25, -0.2) is 18.1 Å². The number of carbonyl (C=O) groups excluding carboxylic acids is 4. The number of aryl methyl sites for hydroxylation is 2. The summed E-state index contributed by atoms with van der Waals surface area (Å²) < 4.78 is 30.5. The van der Waals surface area contributed by atoms with Crippen LogP contribution in [0.5, 0.6) is 0 Å². The molecule has 0 saturated heterocycles. The number of halogens is 2. The molecule has 6 atom stereocenters. The molecular weight excluding hydrogens is 1050 g/mol. The molecule has 0 radical (unpaired) electrons. The Hall–Kier alpha value is -8.60. The fourth-order valence-electron chi connectivity index (χ4n) is 10.1. The van der Waals surface area contributed by atoms with Gasteiger partial charge < -0.3 is 41.0 Å². The Morgan fingerprint density at radius 3 is 1.33 bits per heavy atom. The van der Waals surface area contributed by atoms with Crippen LogP contribution in [0.3, 0.4) is 0 Å². The standard InChI is InChI=1S/C60H70F2N14O6/c1-35(63-9)53(77)65-49(57(81)73-33-59(5,6)51-47(73)29-41(55(79)67-51)27-39-19-23-43(61)24-20-39)37(3)75-31-45(69-71-75)17-15-13-11-12-14-16-18-46-32-76(72-70-46)38(4)50(66-54(78)36(2)64-10)58(82)74-34-60(7,8)52-48(74)30-42(56(80)68-52)28-40-21-25-44(62)26-22-40/h19-26,29-32,35-38,49-50,63-64H,15-18,27-28,33-34H2,1-10H3,(H,65,77)(H,66,78)(H,67,79)(H,68,80)/t35-,36-,37-,38-,49-,50-/m0/s1. The molecule has 22 heteroatoms. The third-order valence-electron chi connectivity index (χ3n) is 15.3. The number of hydrogen-bond acceptors (Lipinski definition) is 12. The van der Waals surface area contributed by atoms with E-state index in [0.717, 1.165) is 11.1 Å². The Morgan fingerprint density at radius 2 is 0.976 bits per heavy atom. The average molecular weight is 1120 g/mol. The van der Waals surface area contributed by atoms with Gasteiger partial charge in [0.1, 0.15) is 23.7 Å². The monoisotopic (exact) mass is 1120 g/mol. The van der Waals surface area contributed by atoms with E-state index in [2.05, 4.69) is 75.5 Å². The molecule has 0 saturated carbocycles. The first-order valence-electron chi connectivity index (χ1n) is 27.4. The van der Waals surface area contributed by atoms with Crippen LogP contribution in [0.2, 0.25) is 0 Å². The summed E-state index contributed by atoms with van der Waals surface area (Å²) in [5.74, 6) is 9.52. The van der Waals surface area contributed by atoms with Gasteiger partial charge >= 0.3 is 0 Å². The van der Waals surface area contributed by atoms with Crippen molar-refractivity contribution in [3.8, 4) is 23.7 Å². The number of likely N-dealkylation sites (N-methyl/N-ethyl adjacent to an activating group) is 2. The SMILES string of the molecule is CN[C@@H](C)C(=O)N[C@H](C(=O)N1CC(C)(C)c2[nH]c(=O)c(Cc3ccc(F)cc3)cc21)[C@H](C)n1cc(CCC#CC#CCCc2cn([C@@H](C)[C@H](NC(=O)[C@H](C)NC)C(=O)N3CC(C)(C)c4[nH]c(=O)c(Cc5ccc(F)cc5)cc43)nn2)nn1. The molecule has 6 heterocycles. The summed E-state index contributed by atoms with van der Waals surface area (Å²) in [6, 6.07) is 10.4. The van der Waals surface area contributed by atoms with Crippen molar-refractivity contribution < 1.29 is 28.0 Å². The lowest BCUT2D eigenvalue weighted by molar-refractivity contribution is -0.129. The number of fused-ring (bicyclic) bond motifs is 2. The lowest BCUT2D eigenvalue weighted by atomic mass is 9.91. The zero-order chi connectivity index (χ0) is 59.2. The summed E-state index contributed by atoms with van der Waals surface area (Å²) >= 11 is 0. The average Bonchev–Trinajstić information content (AvgIpc) is 4.21. The van der Waals surface area contributed by atoms with E-state index in [1.54, 1.807) is 110 Å². The molecule has 2 aliphatic heterocycles. The van der Waals surface area contributed by atoms with Gasteiger partial charge in [0.25, 0.3) is 22.9 Å². The Kier molecular flexibility index (Phi) is 18.2. The number of amides is 4. The molecule has 4 aromatic heterocycles. The second-order valence-electron chi connectivity index (χ2n) is 22.4. The maximum absolute atomic E-state index is 14.8. The molecule has 0 bridgehead atoms. The summed E-state index contributed by atoms with van der Waals surface area (Å²) in [6.07, 6.45) is 5.55. The van der Waals surface area contributed by atoms with Crippen molar-refractivity contribution in [3.63, 3.8) is 0 Å². The molecule has 82 heavy (non-hydrogen) atoms. The fourth-order valence-corrected chi connectivity index (χ4v) is 10.1. The Bertz CT molecular complexity index is 3370. The number of pyridine rings is 2. The second-order valence-corrected chi connectivity index (χ2v) is 22.4. The number of benzene rings is 2. The van der Waals surface area contributed by atoms with E-state index in [4.69, 9.17) is 0 Å². The number of aromatic amines is 2. The first-order chi connectivity index (χ1) is 39.0. The highest BCUT2D eigenvalue weighted by molar-refractivity contribution is 6.03. The van der Waals surface area contributed by atoms with Crippen LogP contribution in [0.25, 0.3) is 0 Å². The van der Waals surface area contributed by atoms with Gasteiger partial charge in [0, 0.05) is 97.4 Å². The van der Waals surface area contributed by atoms with Gasteiger partial charge in [0.2, 0.25) is 11.8 Å². The van der Waals surface area contributed by atoms with Crippen molar-refractivity contribution >= 4 is 35.0 Å². The lowest BCUT2D eigenvalue weighted by Gasteiger charge is -2.30. The molecule has 6 N–H and O–H groups in total. The smallest absolute Gasteiger partial charge is 0.251 e. The highest BCUT2D eigenvalue weighted by Gasteiger charge is 2.45. The molecule has 0 aliphatic carbocycles. The molecule has 20 nitrogen and oxygen atoms in total. The topological polar surface area (TPSA) is 250 Å². The molecule has 0 unspecified atom stereocenters. The van der Waals surface area contributed by atoms with Gasteiger partial charge in [-0.05, 0) is 101 Å². The largest absolute Gasteiger partial charge is 0.341 e. The highest BCUT2D eigenvalue weighted by atomic mass is 19.1. The molecule has 430 valence electrons. The molecule has 8 rings (SSSR count). The van der Waals surface area contributed by atoms with Crippen LogP contribution >= 0.6 is 0 Å². The van der Waals surface area contributed by atoms with Crippen LogP contribution in [0.4, 0.5) is 20.2 Å². The number of carbonyl (C=O) groups is 4. The summed E-state index contributed by atoms with van der Waals surface area (Å²) in [5, 5.41) is 29.1. The number of nitrogens with zero attached hydrogens (tertiary/aromatic N) is 8. The minimum atomic E-state index is -1.09. The summed E-state index contributed by atoms with van der Waals surface area (Å²) in [6.45, 7) is 15.1. The van der Waals surface area contributed by atoms with E-state index in [0.29, 0.717) is 71.0 Å². The number of aromatic nitrogens is 8. The highest BCUT2D eigenvalue weighted by Crippen LogP contribution is 2.41.